The molecule has 22 heavy (non-hydrogen) atoms. The lowest BCUT2D eigenvalue weighted by Crippen LogP contribution is -2.34. The number of carboxylic acid groups (broad SMARTS) is 2. The predicted molar refractivity (Wildman–Crippen MR) is 74.9 cm³/mol. The van der Waals surface area contributed by atoms with E-state index in [9.17, 15) is 19.7 Å². The van der Waals surface area contributed by atoms with Crippen LogP contribution in [0.25, 0.3) is 0 Å². The summed E-state index contributed by atoms with van der Waals surface area (Å²) in [5.74, 6) is -0.414. The highest BCUT2D eigenvalue weighted by atomic mass is 16.6. The lowest BCUT2D eigenvalue weighted by atomic mass is 10.2. The Morgan fingerprint density at radius 1 is 1.32 bits per heavy atom. The number of carboxylic acids is 2. The molecule has 0 saturated heterocycles. The van der Waals surface area contributed by atoms with Gasteiger partial charge in [0.2, 0.25) is 0 Å². The Morgan fingerprint density at radius 2 is 1.91 bits per heavy atom. The van der Waals surface area contributed by atoms with Crippen molar-refractivity contribution >= 4 is 23.3 Å². The summed E-state index contributed by atoms with van der Waals surface area (Å²) >= 11 is 0. The number of nitro benzene ring substituents is 1. The van der Waals surface area contributed by atoms with Gasteiger partial charge in [-0.05, 0) is 6.07 Å². The van der Waals surface area contributed by atoms with E-state index < -0.39 is 30.0 Å². The van der Waals surface area contributed by atoms with Crippen LogP contribution in [0.1, 0.15) is 0 Å². The topological polar surface area (TPSA) is 130 Å². The average molecular weight is 308 g/mol. The molecule has 0 fully saturated rings. The van der Waals surface area contributed by atoms with Gasteiger partial charge in [0.1, 0.15) is 19.7 Å². The molecule has 0 aliphatic heterocycles. The number of hydrogen-bond donors (Lipinski definition) is 2. The first-order valence-electron chi connectivity index (χ1n) is 5.88. The van der Waals surface area contributed by atoms with Gasteiger partial charge in [0.05, 0.1) is 16.7 Å². The monoisotopic (exact) mass is 308 g/mol. The second kappa shape index (κ2) is 7.49. The summed E-state index contributed by atoms with van der Waals surface area (Å²) < 4.78 is 5.15. The number of anilines is 1. The van der Waals surface area contributed by atoms with Crippen LogP contribution in [0, 0.1) is 22.5 Å². The van der Waals surface area contributed by atoms with Crippen LogP contribution in [0.5, 0.6) is 5.75 Å². The number of nitrogens with zero attached hydrogens (tertiary/aromatic N) is 2. The highest BCUT2D eigenvalue weighted by molar-refractivity contribution is 5.81. The zero-order valence-electron chi connectivity index (χ0n) is 11.3. The fourth-order valence-corrected chi connectivity index (χ4v) is 1.67. The quantitative estimate of drug-likeness (QED) is 0.405. The van der Waals surface area contributed by atoms with Crippen molar-refractivity contribution in [3.8, 4) is 18.1 Å². The molecule has 0 aromatic heterocycles. The Hall–Kier alpha value is -3.28. The van der Waals surface area contributed by atoms with Crippen LogP contribution < -0.4 is 9.64 Å². The minimum atomic E-state index is -1.26. The minimum absolute atomic E-state index is 0.0605. The molecule has 0 aliphatic rings. The Labute approximate surface area is 124 Å². The van der Waals surface area contributed by atoms with E-state index in [1.165, 1.54) is 6.07 Å². The van der Waals surface area contributed by atoms with Crippen molar-refractivity contribution in [2.75, 3.05) is 24.6 Å². The summed E-state index contributed by atoms with van der Waals surface area (Å²) in [6.07, 6.45) is 5.05. The van der Waals surface area contributed by atoms with Crippen molar-refractivity contribution in [2.45, 2.75) is 0 Å². The highest BCUT2D eigenvalue weighted by Gasteiger charge is 2.20. The standard InChI is InChI=1S/C13H12N2O7/c1-2-5-22-11-6-9(15(20)21)3-4-10(11)14(7-12(16)17)8-13(18)19/h1,3-4,6H,5,7-8H2,(H,16,17)(H,18,19). The smallest absolute Gasteiger partial charge is 0.323 e. The maximum absolute atomic E-state index is 10.8. The normalized spacial score (nSPS) is 9.59. The molecule has 0 spiro atoms. The van der Waals surface area contributed by atoms with Crippen molar-refractivity contribution in [1.29, 1.82) is 0 Å². The molecule has 116 valence electrons. The molecule has 0 radical (unpaired) electrons. The van der Waals surface area contributed by atoms with Gasteiger partial charge >= 0.3 is 11.9 Å². The zero-order chi connectivity index (χ0) is 16.7. The van der Waals surface area contributed by atoms with Gasteiger partial charge in [0.15, 0.2) is 5.75 Å². The lowest BCUT2D eigenvalue weighted by molar-refractivity contribution is -0.384. The molecule has 9 nitrogen and oxygen atoms in total. The van der Waals surface area contributed by atoms with Crippen LogP contribution in [-0.4, -0.2) is 46.8 Å². The van der Waals surface area contributed by atoms with E-state index in [2.05, 4.69) is 5.92 Å². The van der Waals surface area contributed by atoms with E-state index in [4.69, 9.17) is 21.4 Å². The molecule has 2 N–H and O–H groups in total. The number of ether oxygens (including phenoxy) is 1. The summed E-state index contributed by atoms with van der Waals surface area (Å²) in [4.78, 5) is 32.8. The van der Waals surface area contributed by atoms with Gasteiger partial charge in [-0.3, -0.25) is 19.7 Å². The van der Waals surface area contributed by atoms with Crippen LogP contribution in [0.15, 0.2) is 18.2 Å². The third-order valence-corrected chi connectivity index (χ3v) is 2.46. The van der Waals surface area contributed by atoms with Gasteiger partial charge < -0.3 is 19.8 Å². The molecular formula is C13H12N2O7. The first kappa shape index (κ1) is 16.8. The Balaban J connectivity index is 3.26. The summed E-state index contributed by atoms with van der Waals surface area (Å²) in [6.45, 7) is -1.44. The van der Waals surface area contributed by atoms with Crippen LogP contribution in [0.3, 0.4) is 0 Å². The summed E-state index contributed by atoms with van der Waals surface area (Å²) in [6, 6.07) is 3.40. The number of nitro groups is 1. The molecule has 1 aromatic rings. The van der Waals surface area contributed by atoms with Gasteiger partial charge in [-0.1, -0.05) is 5.92 Å². The molecule has 1 aromatic carbocycles. The Morgan fingerprint density at radius 3 is 2.36 bits per heavy atom. The second-order valence-electron chi connectivity index (χ2n) is 4.05. The molecule has 0 saturated carbocycles. The van der Waals surface area contributed by atoms with Crippen LogP contribution in [-0.2, 0) is 9.59 Å². The van der Waals surface area contributed by atoms with E-state index in [0.29, 0.717) is 0 Å². The van der Waals surface area contributed by atoms with Crippen LogP contribution in [0.2, 0.25) is 0 Å². The average Bonchev–Trinajstić information content (AvgIpc) is 2.43. The van der Waals surface area contributed by atoms with E-state index in [1.807, 2.05) is 0 Å². The number of rotatable bonds is 8. The van der Waals surface area contributed by atoms with Gasteiger partial charge in [0, 0.05) is 6.07 Å². The minimum Gasteiger partial charge on any atom is -0.480 e. The highest BCUT2D eigenvalue weighted by Crippen LogP contribution is 2.32. The van der Waals surface area contributed by atoms with Gasteiger partial charge in [0.25, 0.3) is 5.69 Å². The van der Waals surface area contributed by atoms with E-state index in [-0.39, 0.29) is 23.7 Å². The fraction of sp³-hybridized carbons (Fsp3) is 0.231. The first-order chi connectivity index (χ1) is 10.3. The van der Waals surface area contributed by atoms with Crippen molar-refractivity contribution in [3.63, 3.8) is 0 Å². The van der Waals surface area contributed by atoms with Crippen molar-refractivity contribution in [1.82, 2.24) is 0 Å². The molecule has 0 aliphatic carbocycles. The third-order valence-electron chi connectivity index (χ3n) is 2.46. The predicted octanol–water partition coefficient (Wildman–Crippen LogP) is 0.582. The zero-order valence-corrected chi connectivity index (χ0v) is 11.3. The molecule has 0 unspecified atom stereocenters. The van der Waals surface area contributed by atoms with Crippen molar-refractivity contribution in [3.05, 3.63) is 28.3 Å². The molecule has 0 atom stereocenters. The summed E-state index contributed by atoms with van der Waals surface area (Å²) in [7, 11) is 0. The van der Waals surface area contributed by atoms with Crippen molar-refractivity contribution < 1.29 is 29.5 Å². The SMILES string of the molecule is C#CCOc1cc([N+](=O)[O-])ccc1N(CC(=O)O)CC(=O)O. The number of carbonyl (C=O) groups is 2. The number of hydrogen-bond acceptors (Lipinski definition) is 6. The van der Waals surface area contributed by atoms with E-state index in [1.54, 1.807) is 0 Å². The van der Waals surface area contributed by atoms with E-state index in [0.717, 1.165) is 17.0 Å². The maximum Gasteiger partial charge on any atom is 0.323 e. The molecule has 1 rings (SSSR count). The fourth-order valence-electron chi connectivity index (χ4n) is 1.67. The van der Waals surface area contributed by atoms with E-state index >= 15 is 0 Å². The first-order valence-corrected chi connectivity index (χ1v) is 5.88. The van der Waals surface area contributed by atoms with Crippen LogP contribution in [0.4, 0.5) is 11.4 Å². The Kier molecular flexibility index (Phi) is 5.71. The van der Waals surface area contributed by atoms with Crippen molar-refractivity contribution in [2.24, 2.45) is 0 Å². The second-order valence-corrected chi connectivity index (χ2v) is 4.05. The molecule has 0 heterocycles. The molecule has 0 bridgehead atoms. The van der Waals surface area contributed by atoms with Gasteiger partial charge in [-0.2, -0.15) is 0 Å². The molecule has 0 amide bonds. The number of non-ortho nitro benzene ring substituents is 1. The molecular weight excluding hydrogens is 296 g/mol. The third kappa shape index (κ3) is 4.68. The summed E-state index contributed by atoms with van der Waals surface area (Å²) in [5.41, 5.74) is -0.202. The van der Waals surface area contributed by atoms with Gasteiger partial charge in [-0.15, -0.1) is 6.42 Å². The Bertz CT molecular complexity index is 620. The number of terminal acetylenes is 1. The maximum atomic E-state index is 10.8. The molecule has 9 heteroatoms. The largest absolute Gasteiger partial charge is 0.480 e. The lowest BCUT2D eigenvalue weighted by Gasteiger charge is -2.23. The number of benzene rings is 1. The summed E-state index contributed by atoms with van der Waals surface area (Å²) in [5, 5.41) is 28.5. The number of aliphatic carboxylic acids is 2. The van der Waals surface area contributed by atoms with Gasteiger partial charge in [-0.25, -0.2) is 0 Å². The van der Waals surface area contributed by atoms with Crippen LogP contribution >= 0.6 is 0 Å².